The van der Waals surface area contributed by atoms with E-state index in [9.17, 15) is 0 Å². The minimum absolute atomic E-state index is 0.734. The van der Waals surface area contributed by atoms with Crippen LogP contribution >= 0.6 is 0 Å². The van der Waals surface area contributed by atoms with Crippen LogP contribution in [-0.2, 0) is 11.3 Å². The van der Waals surface area contributed by atoms with Crippen LogP contribution in [0.3, 0.4) is 0 Å². The van der Waals surface area contributed by atoms with Gasteiger partial charge in [-0.15, -0.1) is 0 Å². The van der Waals surface area contributed by atoms with E-state index in [1.165, 1.54) is 0 Å². The average molecular weight is 196 g/mol. The van der Waals surface area contributed by atoms with E-state index >= 15 is 0 Å². The third-order valence-electron chi connectivity index (χ3n) is 2.48. The fourth-order valence-corrected chi connectivity index (χ4v) is 1.59. The molecule has 2 heterocycles. The maximum atomic E-state index is 5.71. The fraction of sp³-hybridized carbons (Fsp3) is 0.667. The second kappa shape index (κ2) is 4.43. The largest absolute Gasteiger partial charge is 0.384 e. The molecule has 0 saturated carbocycles. The predicted octanol–water partition coefficient (Wildman–Crippen LogP) is -0.203. The van der Waals surface area contributed by atoms with Crippen molar-refractivity contribution in [1.82, 2.24) is 14.7 Å². The molecule has 1 aliphatic heterocycles. The van der Waals surface area contributed by atoms with E-state index in [1.807, 2.05) is 10.7 Å². The molecule has 0 amide bonds. The molecule has 5 heteroatoms. The standard InChI is InChI=1S/C9H16N4O/c10-9-1-2-11-13(9)4-3-12-5-7-14-8-6-12/h1-2H,3-8,10H2. The zero-order chi connectivity index (χ0) is 9.80. The first-order valence-corrected chi connectivity index (χ1v) is 4.93. The molecule has 0 aromatic carbocycles. The van der Waals surface area contributed by atoms with Crippen molar-refractivity contribution in [3.05, 3.63) is 12.3 Å². The summed E-state index contributed by atoms with van der Waals surface area (Å²) in [6.07, 6.45) is 1.73. The Hall–Kier alpha value is -1.07. The maximum absolute atomic E-state index is 5.71. The number of nitrogens with two attached hydrogens (primary N) is 1. The Morgan fingerprint density at radius 3 is 2.79 bits per heavy atom. The fourth-order valence-electron chi connectivity index (χ4n) is 1.59. The third-order valence-corrected chi connectivity index (χ3v) is 2.48. The first-order chi connectivity index (χ1) is 6.86. The van der Waals surface area contributed by atoms with E-state index in [1.54, 1.807) is 6.20 Å². The lowest BCUT2D eigenvalue weighted by Crippen LogP contribution is -2.38. The second-order valence-electron chi connectivity index (χ2n) is 3.43. The highest BCUT2D eigenvalue weighted by Gasteiger charge is 2.10. The number of hydrogen-bond donors (Lipinski definition) is 1. The molecule has 1 aromatic rings. The number of aromatic nitrogens is 2. The number of nitrogen functional groups attached to an aromatic ring is 1. The van der Waals surface area contributed by atoms with Crippen LogP contribution in [0.25, 0.3) is 0 Å². The summed E-state index contributed by atoms with van der Waals surface area (Å²) in [6, 6.07) is 1.82. The van der Waals surface area contributed by atoms with Crippen molar-refractivity contribution in [1.29, 1.82) is 0 Å². The Kier molecular flexibility index (Phi) is 3.00. The van der Waals surface area contributed by atoms with Gasteiger partial charge >= 0.3 is 0 Å². The molecule has 0 aliphatic carbocycles. The lowest BCUT2D eigenvalue weighted by molar-refractivity contribution is 0.0360. The lowest BCUT2D eigenvalue weighted by Gasteiger charge is -2.26. The van der Waals surface area contributed by atoms with Crippen molar-refractivity contribution in [3.63, 3.8) is 0 Å². The molecule has 0 bridgehead atoms. The highest BCUT2D eigenvalue weighted by molar-refractivity contribution is 5.25. The summed E-state index contributed by atoms with van der Waals surface area (Å²) in [5.41, 5.74) is 5.71. The van der Waals surface area contributed by atoms with Gasteiger partial charge in [-0.25, -0.2) is 4.68 Å². The van der Waals surface area contributed by atoms with Gasteiger partial charge < -0.3 is 10.5 Å². The highest BCUT2D eigenvalue weighted by Crippen LogP contribution is 2.01. The van der Waals surface area contributed by atoms with Gasteiger partial charge in [0.25, 0.3) is 0 Å². The van der Waals surface area contributed by atoms with Crippen molar-refractivity contribution in [3.8, 4) is 0 Å². The number of rotatable bonds is 3. The van der Waals surface area contributed by atoms with Crippen LogP contribution in [-0.4, -0.2) is 47.5 Å². The van der Waals surface area contributed by atoms with Crippen LogP contribution in [0.5, 0.6) is 0 Å². The predicted molar refractivity (Wildman–Crippen MR) is 53.9 cm³/mol. The van der Waals surface area contributed by atoms with Gasteiger partial charge in [0.1, 0.15) is 5.82 Å². The molecule has 2 N–H and O–H groups in total. The monoisotopic (exact) mass is 196 g/mol. The van der Waals surface area contributed by atoms with E-state index < -0.39 is 0 Å². The SMILES string of the molecule is Nc1ccnn1CCN1CCOCC1. The Morgan fingerprint density at radius 1 is 1.36 bits per heavy atom. The van der Waals surface area contributed by atoms with Crippen LogP contribution < -0.4 is 5.73 Å². The minimum Gasteiger partial charge on any atom is -0.384 e. The first kappa shape index (κ1) is 9.48. The van der Waals surface area contributed by atoms with Crippen LogP contribution in [0.2, 0.25) is 0 Å². The molecule has 1 aliphatic rings. The summed E-state index contributed by atoms with van der Waals surface area (Å²) in [7, 11) is 0. The highest BCUT2D eigenvalue weighted by atomic mass is 16.5. The maximum Gasteiger partial charge on any atom is 0.121 e. The summed E-state index contributed by atoms with van der Waals surface area (Å²) in [5.74, 6) is 0.734. The van der Waals surface area contributed by atoms with Gasteiger partial charge in [0, 0.05) is 19.6 Å². The molecule has 0 spiro atoms. The van der Waals surface area contributed by atoms with Gasteiger partial charge in [0.15, 0.2) is 0 Å². The van der Waals surface area contributed by atoms with Gasteiger partial charge in [-0.1, -0.05) is 0 Å². The van der Waals surface area contributed by atoms with Gasteiger partial charge in [-0.3, -0.25) is 4.90 Å². The molecular weight excluding hydrogens is 180 g/mol. The van der Waals surface area contributed by atoms with Crippen molar-refractivity contribution in [2.24, 2.45) is 0 Å². The molecular formula is C9H16N4O. The van der Waals surface area contributed by atoms with Crippen LogP contribution in [0, 0.1) is 0 Å². The van der Waals surface area contributed by atoms with E-state index in [0.717, 1.165) is 45.2 Å². The molecule has 0 radical (unpaired) electrons. The summed E-state index contributed by atoms with van der Waals surface area (Å²) in [4.78, 5) is 2.37. The van der Waals surface area contributed by atoms with Crippen molar-refractivity contribution in [2.75, 3.05) is 38.6 Å². The molecule has 5 nitrogen and oxygen atoms in total. The van der Waals surface area contributed by atoms with Crippen LogP contribution in [0.1, 0.15) is 0 Å². The minimum atomic E-state index is 0.734. The van der Waals surface area contributed by atoms with Gasteiger partial charge in [-0.2, -0.15) is 5.10 Å². The molecule has 1 saturated heterocycles. The van der Waals surface area contributed by atoms with Crippen LogP contribution in [0.4, 0.5) is 5.82 Å². The Labute approximate surface area is 83.4 Å². The number of morpholine rings is 1. The van der Waals surface area contributed by atoms with E-state index in [-0.39, 0.29) is 0 Å². The molecule has 2 rings (SSSR count). The number of nitrogens with zero attached hydrogens (tertiary/aromatic N) is 3. The van der Waals surface area contributed by atoms with Crippen LogP contribution in [0.15, 0.2) is 12.3 Å². The summed E-state index contributed by atoms with van der Waals surface area (Å²) in [5, 5.41) is 4.13. The number of anilines is 1. The molecule has 1 fully saturated rings. The second-order valence-corrected chi connectivity index (χ2v) is 3.43. The van der Waals surface area contributed by atoms with Gasteiger partial charge in [-0.05, 0) is 6.07 Å². The lowest BCUT2D eigenvalue weighted by atomic mass is 10.4. The van der Waals surface area contributed by atoms with E-state index in [4.69, 9.17) is 10.5 Å². The third kappa shape index (κ3) is 2.24. The quantitative estimate of drug-likeness (QED) is 0.727. The van der Waals surface area contributed by atoms with Crippen molar-refractivity contribution < 1.29 is 4.74 Å². The van der Waals surface area contributed by atoms with Gasteiger partial charge in [0.2, 0.25) is 0 Å². The van der Waals surface area contributed by atoms with E-state index in [2.05, 4.69) is 10.00 Å². The molecule has 1 aromatic heterocycles. The Morgan fingerprint density at radius 2 is 2.14 bits per heavy atom. The molecule has 78 valence electrons. The Bertz CT molecular complexity index is 280. The van der Waals surface area contributed by atoms with Gasteiger partial charge in [0.05, 0.1) is 26.0 Å². The zero-order valence-electron chi connectivity index (χ0n) is 8.22. The average Bonchev–Trinajstić information content (AvgIpc) is 2.63. The summed E-state index contributed by atoms with van der Waals surface area (Å²) >= 11 is 0. The zero-order valence-corrected chi connectivity index (χ0v) is 8.22. The van der Waals surface area contributed by atoms with Crippen molar-refractivity contribution >= 4 is 5.82 Å². The summed E-state index contributed by atoms with van der Waals surface area (Å²) < 4.78 is 7.10. The number of ether oxygens (including phenoxy) is 1. The first-order valence-electron chi connectivity index (χ1n) is 4.93. The molecule has 0 unspecified atom stereocenters. The summed E-state index contributed by atoms with van der Waals surface area (Å²) in [6.45, 7) is 5.57. The topological polar surface area (TPSA) is 56.3 Å². The van der Waals surface area contributed by atoms with Crippen molar-refractivity contribution in [2.45, 2.75) is 6.54 Å². The molecule has 14 heavy (non-hydrogen) atoms. The Balaban J connectivity index is 1.79. The van der Waals surface area contributed by atoms with E-state index in [0.29, 0.717) is 0 Å². The number of hydrogen-bond acceptors (Lipinski definition) is 4. The normalized spacial score (nSPS) is 18.6. The smallest absolute Gasteiger partial charge is 0.121 e. The molecule has 0 atom stereocenters.